The third-order valence-electron chi connectivity index (χ3n) is 3.91. The molecule has 0 saturated carbocycles. The Hall–Kier alpha value is -3.74. The number of carbonyl (C=O) groups excluding carboxylic acids is 2. The van der Waals surface area contributed by atoms with Gasteiger partial charge in [0, 0.05) is 11.6 Å². The summed E-state index contributed by atoms with van der Waals surface area (Å²) < 4.78 is 37.1. The van der Waals surface area contributed by atoms with Crippen molar-refractivity contribution < 1.29 is 27.8 Å². The quantitative estimate of drug-likeness (QED) is 0.603. The zero-order chi connectivity index (χ0) is 20.6. The molecule has 0 radical (unpaired) electrons. The second-order valence-electron chi connectivity index (χ2n) is 6.01. The fourth-order valence-corrected chi connectivity index (χ4v) is 2.51. The Morgan fingerprint density at radius 1 is 0.897 bits per heavy atom. The van der Waals surface area contributed by atoms with E-state index in [0.29, 0.717) is 17.4 Å². The van der Waals surface area contributed by atoms with Crippen LogP contribution in [0.5, 0.6) is 5.75 Å². The molecule has 0 aliphatic heterocycles. The number of nitrogens with one attached hydrogen (secondary N) is 1. The molecule has 3 rings (SSSR count). The van der Waals surface area contributed by atoms with E-state index in [1.807, 2.05) is 18.2 Å². The topological polar surface area (TPSA) is 64.6 Å². The van der Waals surface area contributed by atoms with Crippen LogP contribution in [0.2, 0.25) is 0 Å². The number of anilines is 1. The molecule has 0 aliphatic rings. The zero-order valence-corrected chi connectivity index (χ0v) is 15.2. The molecular weight excluding hydrogens is 380 g/mol. The number of hydrogen-bond acceptors (Lipinski definition) is 4. The van der Waals surface area contributed by atoms with Crippen molar-refractivity contribution in [2.24, 2.45) is 0 Å². The first-order valence-corrected chi connectivity index (χ1v) is 8.70. The van der Waals surface area contributed by atoms with E-state index in [1.54, 1.807) is 36.4 Å². The van der Waals surface area contributed by atoms with E-state index >= 15 is 0 Å². The van der Waals surface area contributed by atoms with Crippen LogP contribution in [0.1, 0.15) is 15.9 Å². The molecule has 0 aliphatic carbocycles. The minimum atomic E-state index is -0.923. The number of ether oxygens (including phenoxy) is 2. The van der Waals surface area contributed by atoms with Gasteiger partial charge in [-0.15, -0.1) is 0 Å². The molecule has 148 valence electrons. The molecule has 1 amide bonds. The van der Waals surface area contributed by atoms with Gasteiger partial charge in [-0.2, -0.15) is 0 Å². The van der Waals surface area contributed by atoms with Crippen LogP contribution in [-0.4, -0.2) is 18.5 Å². The number of esters is 1. The number of para-hydroxylation sites is 1. The van der Waals surface area contributed by atoms with E-state index in [4.69, 9.17) is 9.47 Å². The maximum Gasteiger partial charge on any atom is 0.339 e. The fraction of sp³-hybridized carbons (Fsp3) is 0.0909. The maximum absolute atomic E-state index is 13.6. The molecule has 0 heterocycles. The van der Waals surface area contributed by atoms with E-state index in [1.165, 1.54) is 0 Å². The lowest BCUT2D eigenvalue weighted by Gasteiger charge is -2.11. The number of amides is 1. The highest BCUT2D eigenvalue weighted by Crippen LogP contribution is 2.17. The molecule has 0 spiro atoms. The average Bonchev–Trinajstić information content (AvgIpc) is 2.73. The molecule has 7 heteroatoms. The predicted octanol–water partition coefficient (Wildman–Crippen LogP) is 4.34. The van der Waals surface area contributed by atoms with Gasteiger partial charge < -0.3 is 14.8 Å². The molecule has 29 heavy (non-hydrogen) atoms. The van der Waals surface area contributed by atoms with Gasteiger partial charge in [0.05, 0.1) is 11.3 Å². The van der Waals surface area contributed by atoms with Gasteiger partial charge in [0.25, 0.3) is 5.91 Å². The average molecular weight is 397 g/mol. The van der Waals surface area contributed by atoms with E-state index in [9.17, 15) is 18.4 Å². The summed E-state index contributed by atoms with van der Waals surface area (Å²) in [6, 6.07) is 18.5. The third-order valence-corrected chi connectivity index (χ3v) is 3.91. The van der Waals surface area contributed by atoms with Gasteiger partial charge in [-0.25, -0.2) is 13.6 Å². The summed E-state index contributed by atoms with van der Waals surface area (Å²) in [5.74, 6) is -2.50. The van der Waals surface area contributed by atoms with Crippen LogP contribution >= 0.6 is 0 Å². The highest BCUT2D eigenvalue weighted by atomic mass is 19.1. The number of carbonyl (C=O) groups is 2. The summed E-state index contributed by atoms with van der Waals surface area (Å²) >= 11 is 0. The fourth-order valence-electron chi connectivity index (χ4n) is 2.51. The summed E-state index contributed by atoms with van der Waals surface area (Å²) in [5.41, 5.74) is 0.639. The maximum atomic E-state index is 13.6. The first kappa shape index (κ1) is 20.0. The lowest BCUT2D eigenvalue weighted by atomic mass is 10.1. The first-order chi connectivity index (χ1) is 14.0. The van der Waals surface area contributed by atoms with Gasteiger partial charge in [-0.1, -0.05) is 36.4 Å². The van der Waals surface area contributed by atoms with Gasteiger partial charge in [0.15, 0.2) is 6.61 Å². The van der Waals surface area contributed by atoms with Crippen LogP contribution in [0.4, 0.5) is 14.5 Å². The number of hydrogen-bond donors (Lipinski definition) is 1. The third kappa shape index (κ3) is 5.62. The van der Waals surface area contributed by atoms with E-state index in [0.717, 1.165) is 12.1 Å². The molecule has 0 unspecified atom stereocenters. The Morgan fingerprint density at radius 2 is 1.62 bits per heavy atom. The van der Waals surface area contributed by atoms with Crippen molar-refractivity contribution in [3.8, 4) is 5.75 Å². The molecule has 0 atom stereocenters. The largest absolute Gasteiger partial charge is 0.489 e. The SMILES string of the molecule is O=C(COC(=O)c1ccccc1COc1ccccc1)Nc1ccc(F)cc1F. The molecular formula is C22H17F2NO4. The first-order valence-electron chi connectivity index (χ1n) is 8.70. The van der Waals surface area contributed by atoms with Gasteiger partial charge in [-0.05, 0) is 30.3 Å². The van der Waals surface area contributed by atoms with Crippen LogP contribution in [-0.2, 0) is 16.1 Å². The van der Waals surface area contributed by atoms with Crippen molar-refractivity contribution in [1.29, 1.82) is 0 Å². The highest BCUT2D eigenvalue weighted by molar-refractivity contribution is 5.96. The van der Waals surface area contributed by atoms with E-state index in [2.05, 4.69) is 5.32 Å². The highest BCUT2D eigenvalue weighted by Gasteiger charge is 2.15. The van der Waals surface area contributed by atoms with Crippen molar-refractivity contribution >= 4 is 17.6 Å². The molecule has 0 aromatic heterocycles. The van der Waals surface area contributed by atoms with Gasteiger partial charge >= 0.3 is 5.97 Å². The lowest BCUT2D eigenvalue weighted by Crippen LogP contribution is -2.22. The van der Waals surface area contributed by atoms with E-state index < -0.39 is 30.1 Å². The summed E-state index contributed by atoms with van der Waals surface area (Å²) in [6.45, 7) is -0.480. The van der Waals surface area contributed by atoms with Crippen molar-refractivity contribution in [1.82, 2.24) is 0 Å². The minimum Gasteiger partial charge on any atom is -0.489 e. The Balaban J connectivity index is 1.58. The van der Waals surface area contributed by atoms with E-state index in [-0.39, 0.29) is 17.9 Å². The minimum absolute atomic E-state index is 0.141. The Kier molecular flexibility index (Phi) is 6.52. The Labute approximate surface area is 165 Å². The standard InChI is InChI=1S/C22H17F2NO4/c23-16-10-11-20(19(24)12-16)25-21(26)14-29-22(27)18-9-5-4-6-15(18)13-28-17-7-2-1-3-8-17/h1-12H,13-14H2,(H,25,26). The van der Waals surface area contributed by atoms with Crippen molar-refractivity contribution in [2.75, 3.05) is 11.9 Å². The summed E-state index contributed by atoms with van der Waals surface area (Å²) in [4.78, 5) is 24.3. The number of halogens is 2. The number of benzene rings is 3. The van der Waals surface area contributed by atoms with Crippen LogP contribution in [0.15, 0.2) is 72.8 Å². The monoisotopic (exact) mass is 397 g/mol. The van der Waals surface area contributed by atoms with Crippen LogP contribution in [0.25, 0.3) is 0 Å². The molecule has 0 saturated heterocycles. The zero-order valence-electron chi connectivity index (χ0n) is 15.2. The van der Waals surface area contributed by atoms with Crippen molar-refractivity contribution in [3.63, 3.8) is 0 Å². The molecule has 3 aromatic rings. The van der Waals surface area contributed by atoms with Gasteiger partial charge in [0.1, 0.15) is 24.0 Å². The molecule has 3 aromatic carbocycles. The Morgan fingerprint density at radius 3 is 2.38 bits per heavy atom. The van der Waals surface area contributed by atoms with Gasteiger partial charge in [-0.3, -0.25) is 4.79 Å². The molecule has 0 bridgehead atoms. The van der Waals surface area contributed by atoms with Crippen LogP contribution in [0, 0.1) is 11.6 Å². The van der Waals surface area contributed by atoms with Crippen LogP contribution in [0.3, 0.4) is 0 Å². The van der Waals surface area contributed by atoms with Crippen molar-refractivity contribution in [2.45, 2.75) is 6.61 Å². The van der Waals surface area contributed by atoms with Gasteiger partial charge in [0.2, 0.25) is 0 Å². The predicted molar refractivity (Wildman–Crippen MR) is 102 cm³/mol. The summed E-state index contributed by atoms with van der Waals surface area (Å²) in [5, 5.41) is 2.22. The summed E-state index contributed by atoms with van der Waals surface area (Å²) in [7, 11) is 0. The molecule has 1 N–H and O–H groups in total. The Bertz CT molecular complexity index is 1010. The normalized spacial score (nSPS) is 10.3. The van der Waals surface area contributed by atoms with Crippen molar-refractivity contribution in [3.05, 3.63) is 95.6 Å². The second kappa shape index (κ2) is 9.45. The molecule has 0 fully saturated rings. The smallest absolute Gasteiger partial charge is 0.339 e. The summed E-state index contributed by atoms with van der Waals surface area (Å²) in [6.07, 6.45) is 0. The lowest BCUT2D eigenvalue weighted by molar-refractivity contribution is -0.119. The second-order valence-corrected chi connectivity index (χ2v) is 6.01. The number of rotatable bonds is 7. The van der Waals surface area contributed by atoms with Crippen LogP contribution < -0.4 is 10.1 Å². The molecule has 5 nitrogen and oxygen atoms in total.